The van der Waals surface area contributed by atoms with E-state index in [2.05, 4.69) is 38.0 Å². The summed E-state index contributed by atoms with van der Waals surface area (Å²) in [7, 11) is 0. The Morgan fingerprint density at radius 3 is 2.62 bits per heavy atom. The molecule has 0 unspecified atom stereocenters. The van der Waals surface area contributed by atoms with Crippen LogP contribution in [0.5, 0.6) is 0 Å². The average molecular weight is 310 g/mol. The van der Waals surface area contributed by atoms with E-state index in [-0.39, 0.29) is 11.9 Å². The van der Waals surface area contributed by atoms with Crippen LogP contribution in [0, 0.1) is 11.8 Å². The largest absolute Gasteiger partial charge is 0.382 e. The molecule has 5 nitrogen and oxygen atoms in total. The van der Waals surface area contributed by atoms with Crippen molar-refractivity contribution in [3.63, 3.8) is 0 Å². The summed E-state index contributed by atoms with van der Waals surface area (Å²) >= 11 is 1.36. The van der Waals surface area contributed by atoms with E-state index < -0.39 is 0 Å². The Kier molecular flexibility index (Phi) is 5.08. The molecule has 3 N–H and O–H groups in total. The molecule has 1 amide bonds. The highest BCUT2D eigenvalue weighted by atomic mass is 32.1. The maximum Gasteiger partial charge on any atom is 0.268 e. The van der Waals surface area contributed by atoms with Crippen LogP contribution in [-0.2, 0) is 0 Å². The van der Waals surface area contributed by atoms with Crippen molar-refractivity contribution < 1.29 is 4.79 Å². The number of anilines is 2. The molecule has 0 aromatic carbocycles. The highest BCUT2D eigenvalue weighted by Crippen LogP contribution is 2.32. The van der Waals surface area contributed by atoms with E-state index in [1.54, 1.807) is 0 Å². The topological polar surface area (TPSA) is 71.2 Å². The Morgan fingerprint density at radius 2 is 2.10 bits per heavy atom. The van der Waals surface area contributed by atoms with E-state index >= 15 is 0 Å². The quantitative estimate of drug-likeness (QED) is 0.812. The summed E-state index contributed by atoms with van der Waals surface area (Å²) in [6.45, 7) is 10.0. The summed E-state index contributed by atoms with van der Waals surface area (Å²) in [6.07, 6.45) is 2.46. The van der Waals surface area contributed by atoms with Crippen molar-refractivity contribution in [3.05, 3.63) is 4.88 Å². The van der Waals surface area contributed by atoms with Crippen molar-refractivity contribution >= 4 is 28.2 Å². The number of hydrogen-bond donors (Lipinski definition) is 2. The minimum Gasteiger partial charge on any atom is -0.382 e. The molecular formula is C15H26N4OS. The fraction of sp³-hybridized carbons (Fsp3) is 0.733. The number of nitrogens with two attached hydrogens (primary N) is 1. The molecule has 1 aromatic heterocycles. The lowest BCUT2D eigenvalue weighted by Crippen LogP contribution is -2.38. The lowest BCUT2D eigenvalue weighted by molar-refractivity contribution is 0.0702. The fourth-order valence-corrected chi connectivity index (χ4v) is 2.94. The maximum absolute atomic E-state index is 12.7. The number of hydrogen-bond acceptors (Lipinski definition) is 5. The molecule has 0 radical (unpaired) electrons. The third-order valence-electron chi connectivity index (χ3n) is 3.55. The Hall–Kier alpha value is -1.30. The summed E-state index contributed by atoms with van der Waals surface area (Å²) in [6, 6.07) is 0.187. The van der Waals surface area contributed by atoms with Crippen molar-refractivity contribution in [2.75, 3.05) is 24.1 Å². The molecule has 0 aliphatic heterocycles. The van der Waals surface area contributed by atoms with Crippen LogP contribution in [0.1, 0.15) is 50.2 Å². The molecule has 0 bridgehead atoms. The zero-order chi connectivity index (χ0) is 15.6. The van der Waals surface area contributed by atoms with Crippen molar-refractivity contribution in [2.24, 2.45) is 11.8 Å². The molecule has 1 aliphatic carbocycles. The molecule has 1 aromatic rings. The molecule has 21 heavy (non-hydrogen) atoms. The number of rotatable bonds is 7. The Labute approximate surface area is 130 Å². The van der Waals surface area contributed by atoms with E-state index in [9.17, 15) is 4.79 Å². The zero-order valence-electron chi connectivity index (χ0n) is 13.3. The van der Waals surface area contributed by atoms with Gasteiger partial charge in [-0.15, -0.1) is 0 Å². The summed E-state index contributed by atoms with van der Waals surface area (Å²) in [5.41, 5.74) is 5.94. The molecule has 1 aliphatic rings. The standard InChI is InChI=1S/C15H26N4OS/c1-9(2)7-17-15-18-13(16)12(21-15)14(20)19(10(3)4)8-11-5-6-11/h9-11H,5-8,16H2,1-4H3,(H,17,18). The van der Waals surface area contributed by atoms with Gasteiger partial charge in [-0.3, -0.25) is 4.79 Å². The first kappa shape index (κ1) is 16.1. The van der Waals surface area contributed by atoms with Gasteiger partial charge in [0.25, 0.3) is 5.91 Å². The minimum absolute atomic E-state index is 0.0181. The predicted octanol–water partition coefficient (Wildman–Crippen LogP) is 3.05. The van der Waals surface area contributed by atoms with E-state index in [1.807, 2.05) is 4.90 Å². The monoisotopic (exact) mass is 310 g/mol. The lowest BCUT2D eigenvalue weighted by Gasteiger charge is -2.26. The second-order valence-electron chi connectivity index (χ2n) is 6.50. The number of thiazole rings is 1. The van der Waals surface area contributed by atoms with Crippen LogP contribution in [-0.4, -0.2) is 34.9 Å². The van der Waals surface area contributed by atoms with Gasteiger partial charge in [0.2, 0.25) is 0 Å². The summed E-state index contributed by atoms with van der Waals surface area (Å²) < 4.78 is 0. The predicted molar refractivity (Wildman–Crippen MR) is 88.8 cm³/mol. The van der Waals surface area contributed by atoms with E-state index in [1.165, 1.54) is 24.2 Å². The Bertz CT molecular complexity index is 494. The van der Waals surface area contributed by atoms with Gasteiger partial charge in [-0.2, -0.15) is 0 Å². The van der Waals surface area contributed by atoms with Gasteiger partial charge in [-0.1, -0.05) is 25.2 Å². The SMILES string of the molecule is CC(C)CNc1nc(N)c(C(=O)N(CC2CC2)C(C)C)s1. The molecule has 0 atom stereocenters. The molecule has 0 saturated heterocycles. The summed E-state index contributed by atoms with van der Waals surface area (Å²) in [5.74, 6) is 1.56. The van der Waals surface area contributed by atoms with Gasteiger partial charge in [-0.05, 0) is 38.5 Å². The van der Waals surface area contributed by atoms with Crippen molar-refractivity contribution in [2.45, 2.75) is 46.6 Å². The van der Waals surface area contributed by atoms with Crippen molar-refractivity contribution in [1.29, 1.82) is 0 Å². The number of nitrogens with one attached hydrogen (secondary N) is 1. The second kappa shape index (κ2) is 6.64. The van der Waals surface area contributed by atoms with E-state index in [0.717, 1.165) is 18.2 Å². The smallest absolute Gasteiger partial charge is 0.268 e. The molecule has 0 spiro atoms. The lowest BCUT2D eigenvalue weighted by atomic mass is 10.2. The van der Waals surface area contributed by atoms with Crippen molar-refractivity contribution in [1.82, 2.24) is 9.88 Å². The Balaban J connectivity index is 2.09. The molecule has 2 rings (SSSR count). The Morgan fingerprint density at radius 1 is 1.43 bits per heavy atom. The van der Waals surface area contributed by atoms with Gasteiger partial charge >= 0.3 is 0 Å². The number of carbonyl (C=O) groups excluding carboxylic acids is 1. The van der Waals surface area contributed by atoms with Gasteiger partial charge in [-0.25, -0.2) is 4.98 Å². The number of nitrogen functional groups attached to an aromatic ring is 1. The van der Waals surface area contributed by atoms with Crippen molar-refractivity contribution in [3.8, 4) is 0 Å². The van der Waals surface area contributed by atoms with Crippen LogP contribution >= 0.6 is 11.3 Å². The highest BCUT2D eigenvalue weighted by molar-refractivity contribution is 7.18. The molecule has 118 valence electrons. The molecule has 1 saturated carbocycles. The van der Waals surface area contributed by atoms with Crippen LogP contribution in [0.15, 0.2) is 0 Å². The van der Waals surface area contributed by atoms with Crippen LogP contribution in [0.2, 0.25) is 0 Å². The number of aromatic nitrogens is 1. The fourth-order valence-electron chi connectivity index (χ4n) is 2.09. The van der Waals surface area contributed by atoms with Gasteiger partial charge in [0.1, 0.15) is 10.7 Å². The first-order chi connectivity index (χ1) is 9.88. The summed E-state index contributed by atoms with van der Waals surface area (Å²) in [4.78, 5) is 19.5. The van der Waals surface area contributed by atoms with Crippen LogP contribution in [0.25, 0.3) is 0 Å². The molecule has 1 heterocycles. The number of carbonyl (C=O) groups is 1. The van der Waals surface area contributed by atoms with Gasteiger partial charge in [0.05, 0.1) is 0 Å². The number of amides is 1. The number of nitrogens with zero attached hydrogens (tertiary/aromatic N) is 2. The highest BCUT2D eigenvalue weighted by Gasteiger charge is 2.30. The third kappa shape index (κ3) is 4.33. The average Bonchev–Trinajstić information content (AvgIpc) is 3.14. The second-order valence-corrected chi connectivity index (χ2v) is 7.50. The van der Waals surface area contributed by atoms with E-state index in [4.69, 9.17) is 5.73 Å². The molecule has 6 heteroatoms. The van der Waals surface area contributed by atoms with Gasteiger partial charge in [0, 0.05) is 19.1 Å². The van der Waals surface area contributed by atoms with E-state index in [0.29, 0.717) is 22.5 Å². The first-order valence-corrected chi connectivity index (χ1v) is 8.51. The molecular weight excluding hydrogens is 284 g/mol. The zero-order valence-corrected chi connectivity index (χ0v) is 14.2. The van der Waals surface area contributed by atoms with Crippen LogP contribution in [0.3, 0.4) is 0 Å². The molecule has 1 fully saturated rings. The van der Waals surface area contributed by atoms with Gasteiger partial charge < -0.3 is 16.0 Å². The van der Waals surface area contributed by atoms with Crippen LogP contribution < -0.4 is 11.1 Å². The normalized spacial score (nSPS) is 14.8. The summed E-state index contributed by atoms with van der Waals surface area (Å²) in [5, 5.41) is 3.97. The van der Waals surface area contributed by atoms with Crippen LogP contribution in [0.4, 0.5) is 10.9 Å². The minimum atomic E-state index is 0.0181. The van der Waals surface area contributed by atoms with Gasteiger partial charge in [0.15, 0.2) is 5.13 Å². The first-order valence-electron chi connectivity index (χ1n) is 7.69. The maximum atomic E-state index is 12.7. The third-order valence-corrected chi connectivity index (χ3v) is 4.56.